The predicted molar refractivity (Wildman–Crippen MR) is 122 cm³/mol. The number of para-hydroxylation sites is 2. The Labute approximate surface area is 190 Å². The summed E-state index contributed by atoms with van der Waals surface area (Å²) in [5.74, 6) is -1.26. The molecular weight excluding hydrogens is 426 g/mol. The first-order valence-electron chi connectivity index (χ1n) is 9.74. The van der Waals surface area contributed by atoms with Crippen LogP contribution in [-0.2, 0) is 9.59 Å². The molecule has 0 heterocycles. The molecule has 2 N–H and O–H groups in total. The Morgan fingerprint density at radius 1 is 0.788 bits per heavy atom. The van der Waals surface area contributed by atoms with Gasteiger partial charge in [0.15, 0.2) is 0 Å². The van der Waals surface area contributed by atoms with E-state index in [2.05, 4.69) is 15.8 Å². The van der Waals surface area contributed by atoms with E-state index in [1.165, 1.54) is 20.4 Å². The van der Waals surface area contributed by atoms with Crippen molar-refractivity contribution in [2.45, 2.75) is 0 Å². The molecule has 0 aliphatic carbocycles. The van der Waals surface area contributed by atoms with Crippen LogP contribution >= 0.6 is 0 Å². The molecular formula is C24H21N3O6. The molecule has 3 aromatic rings. The second kappa shape index (κ2) is 11.1. The van der Waals surface area contributed by atoms with Crippen molar-refractivity contribution < 1.29 is 28.6 Å². The fourth-order valence-electron chi connectivity index (χ4n) is 2.72. The highest BCUT2D eigenvalue weighted by Gasteiger charge is 2.16. The molecule has 168 valence electrons. The number of amides is 2. The average molecular weight is 447 g/mol. The van der Waals surface area contributed by atoms with Crippen LogP contribution in [0.25, 0.3) is 0 Å². The smallest absolute Gasteiger partial charge is 0.347 e. The largest absolute Gasteiger partial charge is 0.497 e. The summed E-state index contributed by atoms with van der Waals surface area (Å²) in [4.78, 5) is 36.6. The second-order valence-corrected chi connectivity index (χ2v) is 6.51. The molecule has 33 heavy (non-hydrogen) atoms. The Balaban J connectivity index is 1.62. The van der Waals surface area contributed by atoms with Gasteiger partial charge in [0.25, 0.3) is 0 Å². The molecule has 0 bridgehead atoms. The number of esters is 1. The first kappa shape index (κ1) is 23.0. The number of hydrazone groups is 1. The van der Waals surface area contributed by atoms with Crippen molar-refractivity contribution in [1.29, 1.82) is 0 Å². The van der Waals surface area contributed by atoms with Gasteiger partial charge in [0.1, 0.15) is 22.8 Å². The van der Waals surface area contributed by atoms with Crippen LogP contribution in [-0.4, -0.2) is 38.2 Å². The summed E-state index contributed by atoms with van der Waals surface area (Å²) in [6.07, 6.45) is 1.27. The lowest BCUT2D eigenvalue weighted by atomic mass is 10.2. The molecule has 2 amide bonds. The fourth-order valence-corrected chi connectivity index (χ4v) is 2.72. The fraction of sp³-hybridized carbons (Fsp3) is 0.0833. The quantitative estimate of drug-likeness (QED) is 0.189. The van der Waals surface area contributed by atoms with Gasteiger partial charge < -0.3 is 19.5 Å². The summed E-state index contributed by atoms with van der Waals surface area (Å²) >= 11 is 0. The van der Waals surface area contributed by atoms with Gasteiger partial charge in [-0.3, -0.25) is 9.59 Å². The number of carbonyl (C=O) groups is 3. The van der Waals surface area contributed by atoms with Gasteiger partial charge in [0, 0.05) is 11.3 Å². The SMILES string of the molecule is COc1ccc(NC(=O)C(=O)NN=Cc2ccccc2OC(=O)c2ccccc2OC)cc1. The summed E-state index contributed by atoms with van der Waals surface area (Å²) < 4.78 is 15.7. The first-order valence-corrected chi connectivity index (χ1v) is 9.74. The Morgan fingerprint density at radius 2 is 1.45 bits per heavy atom. The highest BCUT2D eigenvalue weighted by molar-refractivity contribution is 6.39. The standard InChI is InChI=1S/C24H21N3O6/c1-31-18-13-11-17(12-14-18)26-22(28)23(29)27-25-15-16-7-3-5-9-20(16)33-24(30)19-8-4-6-10-21(19)32-2/h3-15H,1-2H3,(H,26,28)(H,27,29). The molecule has 0 fully saturated rings. The number of nitrogens with zero attached hydrogens (tertiary/aromatic N) is 1. The third-order valence-electron chi connectivity index (χ3n) is 4.37. The highest BCUT2D eigenvalue weighted by atomic mass is 16.5. The van der Waals surface area contributed by atoms with Gasteiger partial charge in [-0.15, -0.1) is 0 Å². The minimum atomic E-state index is -0.967. The molecule has 9 heteroatoms. The zero-order valence-corrected chi connectivity index (χ0v) is 17.9. The van der Waals surface area contributed by atoms with Gasteiger partial charge in [-0.05, 0) is 48.5 Å². The predicted octanol–water partition coefficient (Wildman–Crippen LogP) is 3.01. The molecule has 0 aromatic heterocycles. The average Bonchev–Trinajstić information content (AvgIpc) is 2.85. The van der Waals surface area contributed by atoms with Gasteiger partial charge in [0.2, 0.25) is 0 Å². The monoisotopic (exact) mass is 447 g/mol. The molecule has 0 atom stereocenters. The Bertz CT molecular complexity index is 1170. The molecule has 3 rings (SSSR count). The summed E-state index contributed by atoms with van der Waals surface area (Å²) in [5, 5.41) is 6.23. The van der Waals surface area contributed by atoms with Crippen LogP contribution in [0.5, 0.6) is 17.2 Å². The van der Waals surface area contributed by atoms with Crippen molar-refractivity contribution in [2.75, 3.05) is 19.5 Å². The Kier molecular flexibility index (Phi) is 7.74. The van der Waals surface area contributed by atoms with Crippen LogP contribution in [0.2, 0.25) is 0 Å². The van der Waals surface area contributed by atoms with Crippen LogP contribution < -0.4 is 25.0 Å². The van der Waals surface area contributed by atoms with Crippen molar-refractivity contribution in [2.24, 2.45) is 5.10 Å². The molecule has 0 unspecified atom stereocenters. The number of carbonyl (C=O) groups excluding carboxylic acids is 3. The maximum Gasteiger partial charge on any atom is 0.347 e. The summed E-state index contributed by atoms with van der Waals surface area (Å²) in [7, 11) is 2.98. The van der Waals surface area contributed by atoms with E-state index < -0.39 is 17.8 Å². The second-order valence-electron chi connectivity index (χ2n) is 6.51. The van der Waals surface area contributed by atoms with Gasteiger partial charge in [-0.1, -0.05) is 24.3 Å². The zero-order chi connectivity index (χ0) is 23.6. The van der Waals surface area contributed by atoms with E-state index in [-0.39, 0.29) is 11.3 Å². The molecule has 0 saturated carbocycles. The number of hydrogen-bond donors (Lipinski definition) is 2. The van der Waals surface area contributed by atoms with E-state index in [9.17, 15) is 14.4 Å². The van der Waals surface area contributed by atoms with Crippen molar-refractivity contribution in [1.82, 2.24) is 5.43 Å². The third-order valence-corrected chi connectivity index (χ3v) is 4.37. The lowest BCUT2D eigenvalue weighted by Gasteiger charge is -2.10. The lowest BCUT2D eigenvalue weighted by molar-refractivity contribution is -0.136. The van der Waals surface area contributed by atoms with Gasteiger partial charge in [-0.25, -0.2) is 10.2 Å². The lowest BCUT2D eigenvalue weighted by Crippen LogP contribution is -2.32. The van der Waals surface area contributed by atoms with Crippen LogP contribution in [0.3, 0.4) is 0 Å². The molecule has 9 nitrogen and oxygen atoms in total. The number of anilines is 1. The van der Waals surface area contributed by atoms with Crippen LogP contribution in [0.15, 0.2) is 77.9 Å². The van der Waals surface area contributed by atoms with Gasteiger partial charge >= 0.3 is 17.8 Å². The van der Waals surface area contributed by atoms with E-state index >= 15 is 0 Å². The van der Waals surface area contributed by atoms with Crippen molar-refractivity contribution in [3.8, 4) is 17.2 Å². The minimum absolute atomic E-state index is 0.217. The van der Waals surface area contributed by atoms with Crippen LogP contribution in [0.4, 0.5) is 5.69 Å². The van der Waals surface area contributed by atoms with Crippen LogP contribution in [0, 0.1) is 0 Å². The molecule has 0 spiro atoms. The maximum absolute atomic E-state index is 12.6. The number of benzene rings is 3. The van der Waals surface area contributed by atoms with Gasteiger partial charge in [-0.2, -0.15) is 5.10 Å². The van der Waals surface area contributed by atoms with Gasteiger partial charge in [0.05, 0.1) is 20.4 Å². The zero-order valence-electron chi connectivity index (χ0n) is 17.9. The molecule has 0 aliphatic heterocycles. The third kappa shape index (κ3) is 6.17. The number of methoxy groups -OCH3 is 2. The van der Waals surface area contributed by atoms with E-state index in [0.29, 0.717) is 22.7 Å². The number of hydrogen-bond acceptors (Lipinski definition) is 7. The Morgan fingerprint density at radius 3 is 2.15 bits per heavy atom. The normalized spacial score (nSPS) is 10.4. The highest BCUT2D eigenvalue weighted by Crippen LogP contribution is 2.22. The molecule has 0 radical (unpaired) electrons. The first-order chi connectivity index (χ1) is 16.0. The van der Waals surface area contributed by atoms with E-state index in [0.717, 1.165) is 0 Å². The van der Waals surface area contributed by atoms with Crippen molar-refractivity contribution in [3.05, 3.63) is 83.9 Å². The van der Waals surface area contributed by atoms with Crippen LogP contribution in [0.1, 0.15) is 15.9 Å². The van der Waals surface area contributed by atoms with E-state index in [1.807, 2.05) is 0 Å². The molecule has 0 saturated heterocycles. The maximum atomic E-state index is 12.6. The number of rotatable bonds is 7. The number of ether oxygens (including phenoxy) is 3. The molecule has 0 aliphatic rings. The number of nitrogens with one attached hydrogen (secondary N) is 2. The van der Waals surface area contributed by atoms with E-state index in [1.54, 1.807) is 72.8 Å². The summed E-state index contributed by atoms with van der Waals surface area (Å²) in [6, 6.07) is 19.8. The van der Waals surface area contributed by atoms with Crippen molar-refractivity contribution in [3.63, 3.8) is 0 Å². The van der Waals surface area contributed by atoms with E-state index in [4.69, 9.17) is 14.2 Å². The summed E-state index contributed by atoms with van der Waals surface area (Å²) in [6.45, 7) is 0. The summed E-state index contributed by atoms with van der Waals surface area (Å²) in [5.41, 5.74) is 3.24. The topological polar surface area (TPSA) is 115 Å². The minimum Gasteiger partial charge on any atom is -0.497 e. The Hall–Kier alpha value is -4.66. The van der Waals surface area contributed by atoms with Crippen molar-refractivity contribution >= 4 is 29.7 Å². The molecule has 3 aromatic carbocycles.